The van der Waals surface area contributed by atoms with Gasteiger partial charge in [-0.2, -0.15) is 0 Å². The van der Waals surface area contributed by atoms with Crippen LogP contribution >= 0.6 is 11.6 Å². The van der Waals surface area contributed by atoms with Gasteiger partial charge in [0.2, 0.25) is 0 Å². The van der Waals surface area contributed by atoms with Crippen LogP contribution in [0.1, 0.15) is 37.8 Å². The van der Waals surface area contributed by atoms with E-state index in [4.69, 9.17) is 16.0 Å². The van der Waals surface area contributed by atoms with Gasteiger partial charge in [-0.3, -0.25) is 0 Å². The number of hydrogen-bond acceptors (Lipinski definition) is 2. The SMILES string of the molecule is CCC(C)c1nc(CCl)co1. The molecular formula is C8H12ClNO. The summed E-state index contributed by atoms with van der Waals surface area (Å²) in [5.41, 5.74) is 0.821. The summed E-state index contributed by atoms with van der Waals surface area (Å²) < 4.78 is 5.21. The fraction of sp³-hybridized carbons (Fsp3) is 0.625. The van der Waals surface area contributed by atoms with E-state index in [-0.39, 0.29) is 0 Å². The Hall–Kier alpha value is -0.500. The van der Waals surface area contributed by atoms with Gasteiger partial charge in [0, 0.05) is 5.92 Å². The highest BCUT2D eigenvalue weighted by Crippen LogP contribution is 2.17. The molecule has 0 spiro atoms. The first-order chi connectivity index (χ1) is 5.27. The Bertz CT molecular complexity index is 222. The molecule has 0 amide bonds. The predicted molar refractivity (Wildman–Crippen MR) is 44.8 cm³/mol. The Morgan fingerprint density at radius 1 is 1.73 bits per heavy atom. The average molecular weight is 174 g/mol. The van der Waals surface area contributed by atoms with Crippen molar-refractivity contribution in [2.45, 2.75) is 32.1 Å². The third kappa shape index (κ3) is 1.96. The van der Waals surface area contributed by atoms with Gasteiger partial charge in [0.25, 0.3) is 0 Å². The van der Waals surface area contributed by atoms with Crippen molar-refractivity contribution in [1.82, 2.24) is 4.98 Å². The summed E-state index contributed by atoms with van der Waals surface area (Å²) in [7, 11) is 0. The Morgan fingerprint density at radius 3 is 2.91 bits per heavy atom. The van der Waals surface area contributed by atoms with Crippen LogP contribution in [0.3, 0.4) is 0 Å². The number of rotatable bonds is 3. The summed E-state index contributed by atoms with van der Waals surface area (Å²) in [4.78, 5) is 4.20. The third-order valence-corrected chi connectivity index (χ3v) is 2.01. The van der Waals surface area contributed by atoms with Crippen LogP contribution in [0, 0.1) is 0 Å². The Labute approximate surface area is 71.6 Å². The number of oxazole rings is 1. The van der Waals surface area contributed by atoms with E-state index in [0.29, 0.717) is 11.8 Å². The van der Waals surface area contributed by atoms with Gasteiger partial charge < -0.3 is 4.42 Å². The average Bonchev–Trinajstić information content (AvgIpc) is 2.50. The first-order valence-electron chi connectivity index (χ1n) is 3.78. The smallest absolute Gasteiger partial charge is 0.197 e. The van der Waals surface area contributed by atoms with Crippen molar-refractivity contribution in [2.75, 3.05) is 0 Å². The normalized spacial score (nSPS) is 13.4. The molecule has 0 bridgehead atoms. The summed E-state index contributed by atoms with van der Waals surface area (Å²) in [5, 5.41) is 0. The highest BCUT2D eigenvalue weighted by Gasteiger charge is 2.09. The molecule has 0 aliphatic carbocycles. The van der Waals surface area contributed by atoms with Crippen LogP contribution in [0.2, 0.25) is 0 Å². The quantitative estimate of drug-likeness (QED) is 0.657. The number of aromatic nitrogens is 1. The van der Waals surface area contributed by atoms with Crippen LogP contribution in [-0.4, -0.2) is 4.98 Å². The van der Waals surface area contributed by atoms with Crippen LogP contribution in [0.4, 0.5) is 0 Å². The van der Waals surface area contributed by atoms with Crippen molar-refractivity contribution in [3.63, 3.8) is 0 Å². The van der Waals surface area contributed by atoms with E-state index in [2.05, 4.69) is 18.8 Å². The van der Waals surface area contributed by atoms with E-state index in [0.717, 1.165) is 18.0 Å². The Morgan fingerprint density at radius 2 is 2.45 bits per heavy atom. The third-order valence-electron chi connectivity index (χ3n) is 1.74. The zero-order valence-corrected chi connectivity index (χ0v) is 7.56. The van der Waals surface area contributed by atoms with Gasteiger partial charge >= 0.3 is 0 Å². The number of alkyl halides is 1. The largest absolute Gasteiger partial charge is 0.448 e. The number of hydrogen-bond donors (Lipinski definition) is 0. The summed E-state index contributed by atoms with van der Waals surface area (Å²) >= 11 is 5.57. The summed E-state index contributed by atoms with van der Waals surface area (Å²) in [5.74, 6) is 1.62. The summed E-state index contributed by atoms with van der Waals surface area (Å²) in [6.07, 6.45) is 2.66. The van der Waals surface area contributed by atoms with Gasteiger partial charge in [-0.25, -0.2) is 4.98 Å². The first-order valence-corrected chi connectivity index (χ1v) is 4.31. The second kappa shape index (κ2) is 3.77. The molecule has 62 valence electrons. The van der Waals surface area contributed by atoms with E-state index in [1.54, 1.807) is 6.26 Å². The first kappa shape index (κ1) is 8.60. The van der Waals surface area contributed by atoms with Crippen molar-refractivity contribution in [1.29, 1.82) is 0 Å². The minimum absolute atomic E-state index is 0.395. The molecule has 0 aromatic carbocycles. The zero-order valence-electron chi connectivity index (χ0n) is 6.80. The topological polar surface area (TPSA) is 26.0 Å². The Balaban J connectivity index is 2.71. The van der Waals surface area contributed by atoms with Gasteiger partial charge in [0.05, 0.1) is 11.6 Å². The highest BCUT2D eigenvalue weighted by molar-refractivity contribution is 6.16. The van der Waals surface area contributed by atoms with Gasteiger partial charge in [0.1, 0.15) is 6.26 Å². The van der Waals surface area contributed by atoms with E-state index in [1.807, 2.05) is 0 Å². The molecule has 1 aromatic rings. The highest BCUT2D eigenvalue weighted by atomic mass is 35.5. The van der Waals surface area contributed by atoms with Crippen LogP contribution in [0.15, 0.2) is 10.7 Å². The predicted octanol–water partition coefficient (Wildman–Crippen LogP) is 2.93. The molecule has 1 atom stereocenters. The minimum Gasteiger partial charge on any atom is -0.448 e. The lowest BCUT2D eigenvalue weighted by atomic mass is 10.1. The Kier molecular flexibility index (Phi) is 2.94. The van der Waals surface area contributed by atoms with Gasteiger partial charge in [-0.1, -0.05) is 13.8 Å². The molecule has 0 aliphatic rings. The number of nitrogens with zero attached hydrogens (tertiary/aromatic N) is 1. The molecule has 0 saturated heterocycles. The molecule has 11 heavy (non-hydrogen) atoms. The molecular weight excluding hydrogens is 162 g/mol. The maximum atomic E-state index is 5.57. The molecule has 0 aliphatic heterocycles. The lowest BCUT2D eigenvalue weighted by Crippen LogP contribution is -1.91. The maximum Gasteiger partial charge on any atom is 0.197 e. The molecule has 1 unspecified atom stereocenters. The zero-order chi connectivity index (χ0) is 8.27. The van der Waals surface area contributed by atoms with Crippen molar-refractivity contribution in [2.24, 2.45) is 0 Å². The lowest BCUT2D eigenvalue weighted by Gasteiger charge is -1.99. The molecule has 1 heterocycles. The molecule has 0 saturated carbocycles. The van der Waals surface area contributed by atoms with Crippen molar-refractivity contribution >= 4 is 11.6 Å². The lowest BCUT2D eigenvalue weighted by molar-refractivity contribution is 0.453. The number of halogens is 1. The van der Waals surface area contributed by atoms with Crippen molar-refractivity contribution < 1.29 is 4.42 Å². The van der Waals surface area contributed by atoms with E-state index < -0.39 is 0 Å². The second-order valence-electron chi connectivity index (χ2n) is 2.62. The fourth-order valence-corrected chi connectivity index (χ4v) is 0.908. The fourth-order valence-electron chi connectivity index (χ4n) is 0.785. The molecule has 1 rings (SSSR count). The van der Waals surface area contributed by atoms with Crippen LogP contribution in [0.25, 0.3) is 0 Å². The second-order valence-corrected chi connectivity index (χ2v) is 2.89. The maximum absolute atomic E-state index is 5.57. The molecule has 0 fully saturated rings. The van der Waals surface area contributed by atoms with Gasteiger partial charge in [-0.05, 0) is 6.42 Å². The van der Waals surface area contributed by atoms with Crippen LogP contribution < -0.4 is 0 Å². The monoisotopic (exact) mass is 173 g/mol. The summed E-state index contributed by atoms with van der Waals surface area (Å²) in [6.45, 7) is 4.19. The van der Waals surface area contributed by atoms with E-state index in [9.17, 15) is 0 Å². The van der Waals surface area contributed by atoms with Gasteiger partial charge in [0.15, 0.2) is 5.89 Å². The minimum atomic E-state index is 0.395. The molecule has 0 radical (unpaired) electrons. The molecule has 2 nitrogen and oxygen atoms in total. The van der Waals surface area contributed by atoms with E-state index >= 15 is 0 Å². The standard InChI is InChI=1S/C8H12ClNO/c1-3-6(2)8-10-7(4-9)5-11-8/h5-6H,3-4H2,1-2H3. The van der Waals surface area contributed by atoms with Crippen molar-refractivity contribution in [3.8, 4) is 0 Å². The van der Waals surface area contributed by atoms with Crippen molar-refractivity contribution in [3.05, 3.63) is 17.8 Å². The van der Waals surface area contributed by atoms with Crippen LogP contribution in [-0.2, 0) is 5.88 Å². The van der Waals surface area contributed by atoms with Crippen LogP contribution in [0.5, 0.6) is 0 Å². The summed E-state index contributed by atoms with van der Waals surface area (Å²) in [6, 6.07) is 0. The molecule has 1 aromatic heterocycles. The van der Waals surface area contributed by atoms with E-state index in [1.165, 1.54) is 0 Å². The molecule has 3 heteroatoms. The van der Waals surface area contributed by atoms with Gasteiger partial charge in [-0.15, -0.1) is 11.6 Å². The molecule has 0 N–H and O–H groups in total.